The lowest BCUT2D eigenvalue weighted by Gasteiger charge is -2.29. The lowest BCUT2D eigenvalue weighted by molar-refractivity contribution is 0.268. The summed E-state index contributed by atoms with van der Waals surface area (Å²) in [5.41, 5.74) is 0. The van der Waals surface area contributed by atoms with Gasteiger partial charge in [-0.1, -0.05) is 26.2 Å². The van der Waals surface area contributed by atoms with Gasteiger partial charge in [0.15, 0.2) is 0 Å². The van der Waals surface area contributed by atoms with Crippen LogP contribution in [-0.4, -0.2) is 27.9 Å². The van der Waals surface area contributed by atoms with E-state index in [0.717, 1.165) is 12.3 Å². The smallest absolute Gasteiger partial charge is 0.133 e. The highest BCUT2D eigenvalue weighted by Crippen LogP contribution is 2.30. The molecule has 2 aliphatic rings. The molecule has 2 atom stereocenters. The highest BCUT2D eigenvalue weighted by molar-refractivity contribution is 4.93. The van der Waals surface area contributed by atoms with E-state index in [4.69, 9.17) is 0 Å². The molecule has 1 aromatic rings. The summed E-state index contributed by atoms with van der Waals surface area (Å²) in [6, 6.07) is 0.658. The van der Waals surface area contributed by atoms with Crippen LogP contribution in [0.25, 0.3) is 0 Å². The average molecular weight is 276 g/mol. The first-order valence-electron chi connectivity index (χ1n) is 8.43. The van der Waals surface area contributed by atoms with Crippen molar-refractivity contribution in [1.29, 1.82) is 0 Å². The van der Waals surface area contributed by atoms with Crippen LogP contribution >= 0.6 is 0 Å². The van der Waals surface area contributed by atoms with Crippen LogP contribution < -0.4 is 5.32 Å². The number of piperidine rings is 1. The average Bonchev–Trinajstić information content (AvgIpc) is 2.97. The topological polar surface area (TPSA) is 42.7 Å². The maximum atomic E-state index is 4.42. The fraction of sp³-hybridized carbons (Fsp3) is 0.875. The SMILES string of the molecule is CC(Cc1nncn1C1CCCCC1)C1CCCNC1. The summed E-state index contributed by atoms with van der Waals surface area (Å²) >= 11 is 0. The molecule has 20 heavy (non-hydrogen) atoms. The van der Waals surface area contributed by atoms with Crippen molar-refractivity contribution >= 4 is 0 Å². The van der Waals surface area contributed by atoms with Crippen LogP contribution in [0.4, 0.5) is 0 Å². The standard InChI is InChI=1S/C16H28N4/c1-13(14-6-5-9-17-11-14)10-16-19-18-12-20(16)15-7-3-2-4-8-15/h12-15,17H,2-11H2,1H3. The Labute approximate surface area is 122 Å². The molecule has 1 aliphatic carbocycles. The second-order valence-corrected chi connectivity index (χ2v) is 6.73. The van der Waals surface area contributed by atoms with Gasteiger partial charge < -0.3 is 9.88 Å². The molecule has 1 saturated carbocycles. The molecule has 2 fully saturated rings. The molecule has 0 aromatic carbocycles. The Morgan fingerprint density at radius 1 is 1.25 bits per heavy atom. The van der Waals surface area contributed by atoms with Gasteiger partial charge in [0.05, 0.1) is 0 Å². The molecule has 1 aliphatic heterocycles. The molecule has 112 valence electrons. The second-order valence-electron chi connectivity index (χ2n) is 6.73. The number of nitrogens with zero attached hydrogens (tertiary/aromatic N) is 3. The summed E-state index contributed by atoms with van der Waals surface area (Å²) < 4.78 is 2.38. The van der Waals surface area contributed by atoms with Crippen molar-refractivity contribution in [3.8, 4) is 0 Å². The largest absolute Gasteiger partial charge is 0.316 e. The summed E-state index contributed by atoms with van der Waals surface area (Å²) in [4.78, 5) is 0. The molecule has 2 heterocycles. The van der Waals surface area contributed by atoms with Crippen molar-refractivity contribution in [3.05, 3.63) is 12.2 Å². The predicted molar refractivity (Wildman–Crippen MR) is 80.6 cm³/mol. The Morgan fingerprint density at radius 3 is 2.85 bits per heavy atom. The number of nitrogens with one attached hydrogen (secondary N) is 1. The van der Waals surface area contributed by atoms with Crippen molar-refractivity contribution in [2.24, 2.45) is 11.8 Å². The maximum absolute atomic E-state index is 4.42. The summed E-state index contributed by atoms with van der Waals surface area (Å²) in [7, 11) is 0. The van der Waals surface area contributed by atoms with Gasteiger partial charge in [0.2, 0.25) is 0 Å². The number of hydrogen-bond acceptors (Lipinski definition) is 3. The molecule has 1 aromatic heterocycles. The maximum Gasteiger partial charge on any atom is 0.133 e. The van der Waals surface area contributed by atoms with Gasteiger partial charge in [0.25, 0.3) is 0 Å². The zero-order valence-corrected chi connectivity index (χ0v) is 12.7. The van der Waals surface area contributed by atoms with E-state index in [9.17, 15) is 0 Å². The van der Waals surface area contributed by atoms with Crippen LogP contribution in [-0.2, 0) is 6.42 Å². The Hall–Kier alpha value is -0.900. The highest BCUT2D eigenvalue weighted by atomic mass is 15.3. The zero-order valence-electron chi connectivity index (χ0n) is 12.7. The Kier molecular flexibility index (Phi) is 4.71. The van der Waals surface area contributed by atoms with Crippen molar-refractivity contribution in [3.63, 3.8) is 0 Å². The first-order valence-corrected chi connectivity index (χ1v) is 8.43. The Morgan fingerprint density at radius 2 is 2.10 bits per heavy atom. The Bertz CT molecular complexity index is 402. The molecular weight excluding hydrogens is 248 g/mol. The summed E-state index contributed by atoms with van der Waals surface area (Å²) in [5, 5.41) is 12.1. The van der Waals surface area contributed by atoms with Gasteiger partial charge in [-0.05, 0) is 50.6 Å². The molecule has 4 heteroatoms. The van der Waals surface area contributed by atoms with Gasteiger partial charge in [-0.15, -0.1) is 10.2 Å². The molecule has 0 amide bonds. The first kappa shape index (κ1) is 14.1. The Balaban J connectivity index is 1.63. The van der Waals surface area contributed by atoms with Crippen LogP contribution in [0.2, 0.25) is 0 Å². The summed E-state index contributed by atoms with van der Waals surface area (Å²) in [6.45, 7) is 4.76. The third-order valence-electron chi connectivity index (χ3n) is 5.26. The van der Waals surface area contributed by atoms with E-state index in [1.165, 1.54) is 63.9 Å². The zero-order chi connectivity index (χ0) is 13.8. The lowest BCUT2D eigenvalue weighted by Crippen LogP contribution is -2.34. The van der Waals surface area contributed by atoms with Crippen LogP contribution in [0.15, 0.2) is 6.33 Å². The van der Waals surface area contributed by atoms with E-state index < -0.39 is 0 Å². The fourth-order valence-electron chi connectivity index (χ4n) is 3.90. The third kappa shape index (κ3) is 3.22. The van der Waals surface area contributed by atoms with Crippen molar-refractivity contribution in [2.45, 2.75) is 64.3 Å². The highest BCUT2D eigenvalue weighted by Gasteiger charge is 2.24. The minimum absolute atomic E-state index is 0.658. The van der Waals surface area contributed by atoms with E-state index >= 15 is 0 Å². The van der Waals surface area contributed by atoms with Gasteiger partial charge in [0.1, 0.15) is 12.2 Å². The van der Waals surface area contributed by atoms with E-state index in [2.05, 4.69) is 27.0 Å². The van der Waals surface area contributed by atoms with Crippen LogP contribution in [0.5, 0.6) is 0 Å². The number of hydrogen-bond donors (Lipinski definition) is 1. The molecule has 1 saturated heterocycles. The first-order chi connectivity index (χ1) is 9.84. The molecule has 0 radical (unpaired) electrons. The van der Waals surface area contributed by atoms with E-state index in [1.54, 1.807) is 0 Å². The molecule has 1 N–H and O–H groups in total. The van der Waals surface area contributed by atoms with Gasteiger partial charge in [-0.3, -0.25) is 0 Å². The third-order valence-corrected chi connectivity index (χ3v) is 5.26. The van der Waals surface area contributed by atoms with Crippen molar-refractivity contribution in [2.75, 3.05) is 13.1 Å². The lowest BCUT2D eigenvalue weighted by atomic mass is 9.85. The van der Waals surface area contributed by atoms with Gasteiger partial charge in [-0.2, -0.15) is 0 Å². The molecule has 0 spiro atoms. The van der Waals surface area contributed by atoms with Crippen LogP contribution in [0.3, 0.4) is 0 Å². The summed E-state index contributed by atoms with van der Waals surface area (Å²) in [5.74, 6) is 2.73. The number of aromatic nitrogens is 3. The summed E-state index contributed by atoms with van der Waals surface area (Å²) in [6.07, 6.45) is 12.5. The monoisotopic (exact) mass is 276 g/mol. The van der Waals surface area contributed by atoms with E-state index in [0.29, 0.717) is 12.0 Å². The normalized spacial score (nSPS) is 26.6. The minimum atomic E-state index is 0.658. The molecule has 3 rings (SSSR count). The van der Waals surface area contributed by atoms with Crippen LogP contribution in [0, 0.1) is 11.8 Å². The van der Waals surface area contributed by atoms with Crippen molar-refractivity contribution < 1.29 is 0 Å². The molecular formula is C16H28N4. The van der Waals surface area contributed by atoms with Gasteiger partial charge >= 0.3 is 0 Å². The van der Waals surface area contributed by atoms with Crippen molar-refractivity contribution in [1.82, 2.24) is 20.1 Å². The number of rotatable bonds is 4. The van der Waals surface area contributed by atoms with Crippen LogP contribution in [0.1, 0.15) is 63.7 Å². The van der Waals surface area contributed by atoms with Gasteiger partial charge in [0, 0.05) is 12.5 Å². The minimum Gasteiger partial charge on any atom is -0.316 e. The quantitative estimate of drug-likeness (QED) is 0.919. The van der Waals surface area contributed by atoms with E-state index in [-0.39, 0.29) is 0 Å². The fourth-order valence-corrected chi connectivity index (χ4v) is 3.90. The van der Waals surface area contributed by atoms with E-state index in [1.807, 2.05) is 6.33 Å². The van der Waals surface area contributed by atoms with Gasteiger partial charge in [-0.25, -0.2) is 0 Å². The second kappa shape index (κ2) is 6.70. The predicted octanol–water partition coefficient (Wildman–Crippen LogP) is 2.96. The molecule has 4 nitrogen and oxygen atoms in total. The molecule has 2 unspecified atom stereocenters. The molecule has 0 bridgehead atoms.